The fraction of sp³-hybridized carbons (Fsp3) is 0.600. The van der Waals surface area contributed by atoms with Crippen LogP contribution in [0.5, 0.6) is 0 Å². The van der Waals surface area contributed by atoms with Crippen molar-refractivity contribution < 1.29 is 0 Å². The Bertz CT molecular complexity index is 359. The lowest BCUT2D eigenvalue weighted by Gasteiger charge is -2.25. The van der Waals surface area contributed by atoms with Crippen molar-refractivity contribution in [1.29, 1.82) is 0 Å². The quantitative estimate of drug-likeness (QED) is 0.490. The SMILES string of the molecule is CN(C)c1ccc(C2CCCCCC2NN)cc1. The Balaban J connectivity index is 2.16. The van der Waals surface area contributed by atoms with Crippen LogP contribution in [0.1, 0.15) is 43.6 Å². The van der Waals surface area contributed by atoms with Crippen LogP contribution in [0.3, 0.4) is 0 Å². The third kappa shape index (κ3) is 3.03. The van der Waals surface area contributed by atoms with Crippen molar-refractivity contribution in [3.8, 4) is 0 Å². The summed E-state index contributed by atoms with van der Waals surface area (Å²) in [6, 6.07) is 9.35. The maximum Gasteiger partial charge on any atom is 0.0361 e. The van der Waals surface area contributed by atoms with Gasteiger partial charge in [-0.3, -0.25) is 11.3 Å². The number of hydrazine groups is 1. The van der Waals surface area contributed by atoms with Crippen molar-refractivity contribution in [3.63, 3.8) is 0 Å². The summed E-state index contributed by atoms with van der Waals surface area (Å²) in [6.45, 7) is 0. The summed E-state index contributed by atoms with van der Waals surface area (Å²) in [4.78, 5) is 2.13. The van der Waals surface area contributed by atoms with Gasteiger partial charge in [0.2, 0.25) is 0 Å². The number of benzene rings is 1. The Labute approximate surface area is 110 Å². The molecule has 2 unspecified atom stereocenters. The molecule has 0 spiro atoms. The highest BCUT2D eigenvalue weighted by Gasteiger charge is 2.23. The lowest BCUT2D eigenvalue weighted by molar-refractivity contribution is 0.418. The van der Waals surface area contributed by atoms with Gasteiger partial charge in [0.15, 0.2) is 0 Å². The summed E-state index contributed by atoms with van der Waals surface area (Å²) in [7, 11) is 4.15. The molecule has 0 aromatic heterocycles. The van der Waals surface area contributed by atoms with Gasteiger partial charge in [-0.2, -0.15) is 0 Å². The van der Waals surface area contributed by atoms with E-state index in [-0.39, 0.29) is 0 Å². The molecular formula is C15H25N3. The molecule has 1 fully saturated rings. The third-order valence-electron chi connectivity index (χ3n) is 4.07. The molecule has 1 aliphatic carbocycles. The molecule has 0 aliphatic heterocycles. The molecule has 1 aromatic rings. The van der Waals surface area contributed by atoms with Crippen molar-refractivity contribution in [2.24, 2.45) is 5.84 Å². The van der Waals surface area contributed by atoms with Gasteiger partial charge in [-0.25, -0.2) is 0 Å². The van der Waals surface area contributed by atoms with E-state index in [0.29, 0.717) is 12.0 Å². The van der Waals surface area contributed by atoms with Gasteiger partial charge in [-0.05, 0) is 30.5 Å². The first-order valence-electron chi connectivity index (χ1n) is 6.96. The Morgan fingerprint density at radius 2 is 1.72 bits per heavy atom. The summed E-state index contributed by atoms with van der Waals surface area (Å²) in [6.07, 6.45) is 6.39. The molecule has 0 bridgehead atoms. The molecule has 1 aromatic carbocycles. The average molecular weight is 247 g/mol. The third-order valence-corrected chi connectivity index (χ3v) is 4.07. The largest absolute Gasteiger partial charge is 0.378 e. The van der Waals surface area contributed by atoms with Crippen LogP contribution in [0.2, 0.25) is 0 Å². The molecule has 3 N–H and O–H groups in total. The fourth-order valence-corrected chi connectivity index (χ4v) is 2.93. The normalized spacial score (nSPS) is 24.6. The molecule has 0 heterocycles. The monoisotopic (exact) mass is 247 g/mol. The van der Waals surface area contributed by atoms with Crippen LogP contribution in [0.25, 0.3) is 0 Å². The van der Waals surface area contributed by atoms with Gasteiger partial charge < -0.3 is 4.90 Å². The molecule has 0 radical (unpaired) electrons. The standard InChI is InChI=1S/C15H25N3/c1-18(2)13-10-8-12(9-11-13)14-6-4-3-5-7-15(14)17-16/h8-11,14-15,17H,3-7,16H2,1-2H3. The topological polar surface area (TPSA) is 41.3 Å². The highest BCUT2D eigenvalue weighted by Crippen LogP contribution is 2.32. The minimum Gasteiger partial charge on any atom is -0.378 e. The van der Waals surface area contributed by atoms with Crippen LogP contribution in [0.15, 0.2) is 24.3 Å². The zero-order valence-electron chi connectivity index (χ0n) is 11.5. The smallest absolute Gasteiger partial charge is 0.0361 e. The summed E-state index contributed by atoms with van der Waals surface area (Å²) >= 11 is 0. The molecule has 2 atom stereocenters. The van der Waals surface area contributed by atoms with Crippen LogP contribution in [0, 0.1) is 0 Å². The summed E-state index contributed by atoms with van der Waals surface area (Å²) < 4.78 is 0. The van der Waals surface area contributed by atoms with E-state index in [4.69, 9.17) is 5.84 Å². The lowest BCUT2D eigenvalue weighted by Crippen LogP contribution is -2.39. The van der Waals surface area contributed by atoms with E-state index in [1.165, 1.54) is 43.4 Å². The first kappa shape index (κ1) is 13.4. The van der Waals surface area contributed by atoms with E-state index in [1.54, 1.807) is 0 Å². The van der Waals surface area contributed by atoms with Crippen molar-refractivity contribution in [2.45, 2.75) is 44.1 Å². The minimum atomic E-state index is 0.428. The molecule has 0 amide bonds. The van der Waals surface area contributed by atoms with Crippen LogP contribution >= 0.6 is 0 Å². The fourth-order valence-electron chi connectivity index (χ4n) is 2.93. The zero-order chi connectivity index (χ0) is 13.0. The summed E-state index contributed by atoms with van der Waals surface area (Å²) in [5.74, 6) is 6.28. The van der Waals surface area contributed by atoms with Crippen molar-refractivity contribution >= 4 is 5.69 Å². The van der Waals surface area contributed by atoms with Crippen LogP contribution in [-0.2, 0) is 0 Å². The lowest BCUT2D eigenvalue weighted by atomic mass is 9.88. The van der Waals surface area contributed by atoms with E-state index in [2.05, 4.69) is 48.7 Å². The Hall–Kier alpha value is -1.06. The first-order chi connectivity index (χ1) is 8.72. The molecule has 0 saturated heterocycles. The molecule has 3 nitrogen and oxygen atoms in total. The number of anilines is 1. The zero-order valence-corrected chi connectivity index (χ0v) is 11.5. The van der Waals surface area contributed by atoms with Gasteiger partial charge in [0.05, 0.1) is 0 Å². The van der Waals surface area contributed by atoms with E-state index < -0.39 is 0 Å². The van der Waals surface area contributed by atoms with E-state index in [1.807, 2.05) is 0 Å². The van der Waals surface area contributed by atoms with Gasteiger partial charge in [0.1, 0.15) is 0 Å². The number of nitrogens with one attached hydrogen (secondary N) is 1. The second-order valence-electron chi connectivity index (χ2n) is 5.50. The number of rotatable bonds is 3. The van der Waals surface area contributed by atoms with Gasteiger partial charge >= 0.3 is 0 Å². The van der Waals surface area contributed by atoms with Crippen LogP contribution in [0.4, 0.5) is 5.69 Å². The summed E-state index contributed by atoms with van der Waals surface area (Å²) in [5, 5.41) is 0. The highest BCUT2D eigenvalue weighted by atomic mass is 15.2. The van der Waals surface area contributed by atoms with Gasteiger partial charge in [-0.15, -0.1) is 0 Å². The molecule has 1 saturated carbocycles. The summed E-state index contributed by atoms with van der Waals surface area (Å²) in [5.41, 5.74) is 5.70. The number of nitrogens with two attached hydrogens (primary N) is 1. The maximum atomic E-state index is 5.72. The van der Waals surface area contributed by atoms with Gasteiger partial charge in [0.25, 0.3) is 0 Å². The van der Waals surface area contributed by atoms with Crippen molar-refractivity contribution in [3.05, 3.63) is 29.8 Å². The predicted molar refractivity (Wildman–Crippen MR) is 77.7 cm³/mol. The van der Waals surface area contributed by atoms with E-state index in [9.17, 15) is 0 Å². The van der Waals surface area contributed by atoms with E-state index in [0.717, 1.165) is 0 Å². The highest BCUT2D eigenvalue weighted by molar-refractivity contribution is 5.46. The molecule has 2 rings (SSSR count). The Morgan fingerprint density at radius 3 is 2.33 bits per heavy atom. The van der Waals surface area contributed by atoms with Crippen molar-refractivity contribution in [1.82, 2.24) is 5.43 Å². The van der Waals surface area contributed by atoms with Crippen molar-refractivity contribution in [2.75, 3.05) is 19.0 Å². The van der Waals surface area contributed by atoms with E-state index >= 15 is 0 Å². The molecule has 18 heavy (non-hydrogen) atoms. The van der Waals surface area contributed by atoms with Crippen LogP contribution in [-0.4, -0.2) is 20.1 Å². The molecule has 1 aliphatic rings. The second-order valence-corrected chi connectivity index (χ2v) is 5.50. The molecule has 100 valence electrons. The Kier molecular flexibility index (Phi) is 4.61. The predicted octanol–water partition coefficient (Wildman–Crippen LogP) is 2.63. The maximum absolute atomic E-state index is 5.72. The average Bonchev–Trinajstić information content (AvgIpc) is 2.63. The molecular weight excluding hydrogens is 222 g/mol. The minimum absolute atomic E-state index is 0.428. The van der Waals surface area contributed by atoms with Gasteiger partial charge in [0, 0.05) is 31.7 Å². The first-order valence-corrected chi connectivity index (χ1v) is 6.96. The van der Waals surface area contributed by atoms with Gasteiger partial charge in [-0.1, -0.05) is 31.4 Å². The van der Waals surface area contributed by atoms with Crippen LogP contribution < -0.4 is 16.2 Å². The number of nitrogens with zero attached hydrogens (tertiary/aromatic N) is 1. The second kappa shape index (κ2) is 6.21. The molecule has 3 heteroatoms. The Morgan fingerprint density at radius 1 is 1.06 bits per heavy atom. The number of hydrogen-bond acceptors (Lipinski definition) is 3. The number of hydrogen-bond donors (Lipinski definition) is 2.